The van der Waals surface area contributed by atoms with Gasteiger partial charge in [0.15, 0.2) is 0 Å². The molecule has 3 rings (SSSR count). The zero-order valence-electron chi connectivity index (χ0n) is 20.2. The number of piperidine rings is 1. The summed E-state index contributed by atoms with van der Waals surface area (Å²) in [6.45, 7) is 11.0. The fraction of sp³-hybridized carbons (Fsp3) is 0.636. The number of amides is 1. The van der Waals surface area contributed by atoms with E-state index in [1.165, 1.54) is 4.88 Å². The molecule has 0 aliphatic carbocycles. The first-order valence-corrected chi connectivity index (χ1v) is 12.0. The van der Waals surface area contributed by atoms with Crippen molar-refractivity contribution >= 4 is 29.2 Å². The van der Waals surface area contributed by atoms with Crippen LogP contribution in [0.2, 0.25) is 0 Å². The number of rotatable bonds is 5. The van der Waals surface area contributed by atoms with Crippen molar-refractivity contribution in [2.45, 2.75) is 76.4 Å². The third kappa shape index (κ3) is 8.69. The number of thiazole rings is 1. The molecule has 8 nitrogen and oxygen atoms in total. The summed E-state index contributed by atoms with van der Waals surface area (Å²) in [5.74, 6) is -5.21. The van der Waals surface area contributed by atoms with E-state index in [0.717, 1.165) is 44.5 Å². The molecule has 2 N–H and O–H groups in total. The van der Waals surface area contributed by atoms with Gasteiger partial charge in [0.25, 0.3) is 0 Å². The molecule has 2 saturated heterocycles. The number of carboxylic acid groups (broad SMARTS) is 2. The van der Waals surface area contributed by atoms with Crippen molar-refractivity contribution < 1.29 is 50.9 Å². The van der Waals surface area contributed by atoms with Gasteiger partial charge in [-0.3, -0.25) is 9.69 Å². The van der Waals surface area contributed by atoms with E-state index in [4.69, 9.17) is 19.8 Å². The Balaban J connectivity index is 0.000000404. The number of nitrogens with zero attached hydrogens (tertiary/aromatic N) is 3. The van der Waals surface area contributed by atoms with Gasteiger partial charge in [0, 0.05) is 30.4 Å². The molecule has 0 unspecified atom stereocenters. The molecule has 37 heavy (non-hydrogen) atoms. The first kappa shape index (κ1) is 32.3. The number of hydrogen-bond donors (Lipinski definition) is 2. The average molecular weight is 562 g/mol. The van der Waals surface area contributed by atoms with Crippen LogP contribution < -0.4 is 0 Å². The van der Waals surface area contributed by atoms with Crippen LogP contribution in [0, 0.1) is 6.92 Å². The predicted octanol–water partition coefficient (Wildman–Crippen LogP) is 4.64. The summed E-state index contributed by atoms with van der Waals surface area (Å²) in [5.41, 5.74) is 3.10. The maximum atomic E-state index is 12.4. The Kier molecular flexibility index (Phi) is 11.6. The zero-order chi connectivity index (χ0) is 28.6. The minimum absolute atomic E-state index is 0.0108. The van der Waals surface area contributed by atoms with Crippen molar-refractivity contribution in [3.63, 3.8) is 0 Å². The standard InChI is InChI=1S/C18H27N3OS.2C2HF3O2/c1-4-10-21-17(22)7-9-18(21)8-6-11-20(16(18)5-2)12-15-14(3)19-13-23-15;2*3-2(4,5)1(6)7/h4,13,16H,1,5-12H2,2-3H3;2*(H,6,7)/t16-,18-;;/m0../s1. The third-order valence-corrected chi connectivity index (χ3v) is 7.02. The van der Waals surface area contributed by atoms with Crippen LogP contribution in [0.15, 0.2) is 18.2 Å². The van der Waals surface area contributed by atoms with E-state index >= 15 is 0 Å². The summed E-state index contributed by atoms with van der Waals surface area (Å²) in [6.07, 6.45) is -3.23. The highest BCUT2D eigenvalue weighted by Gasteiger charge is 2.52. The number of aryl methyl sites for hydroxylation is 1. The Bertz CT molecular complexity index is 928. The summed E-state index contributed by atoms with van der Waals surface area (Å²) in [5, 5.41) is 14.2. The van der Waals surface area contributed by atoms with E-state index in [0.29, 0.717) is 24.9 Å². The lowest BCUT2D eigenvalue weighted by atomic mass is 9.77. The van der Waals surface area contributed by atoms with E-state index in [2.05, 4.69) is 35.2 Å². The Morgan fingerprint density at radius 2 is 1.73 bits per heavy atom. The number of aliphatic carboxylic acids is 2. The van der Waals surface area contributed by atoms with Gasteiger partial charge < -0.3 is 15.1 Å². The molecule has 0 aromatic carbocycles. The molecule has 1 amide bonds. The molecular weight excluding hydrogens is 532 g/mol. The molecule has 210 valence electrons. The first-order valence-electron chi connectivity index (χ1n) is 11.2. The number of carboxylic acids is 2. The van der Waals surface area contributed by atoms with E-state index in [9.17, 15) is 31.1 Å². The van der Waals surface area contributed by atoms with Gasteiger partial charge >= 0.3 is 24.3 Å². The van der Waals surface area contributed by atoms with Gasteiger partial charge in [0.1, 0.15) is 0 Å². The van der Waals surface area contributed by atoms with Crippen LogP contribution in [0.5, 0.6) is 0 Å². The third-order valence-electron chi connectivity index (χ3n) is 6.10. The van der Waals surface area contributed by atoms with Crippen LogP contribution in [0.1, 0.15) is 49.6 Å². The quantitative estimate of drug-likeness (QED) is 0.398. The smallest absolute Gasteiger partial charge is 0.475 e. The molecule has 3 heterocycles. The van der Waals surface area contributed by atoms with Crippen molar-refractivity contribution in [1.29, 1.82) is 0 Å². The summed E-state index contributed by atoms with van der Waals surface area (Å²) >= 11 is 1.75. The van der Waals surface area contributed by atoms with Gasteiger partial charge in [-0.2, -0.15) is 26.3 Å². The number of aromatic nitrogens is 1. The SMILES string of the molecule is C=CCN1C(=O)CC[C@]12CCCN(Cc1scnc1C)[C@H]2CC.O=C(O)C(F)(F)F.O=C(O)C(F)(F)F. The average Bonchev–Trinajstić information content (AvgIpc) is 3.32. The summed E-state index contributed by atoms with van der Waals surface area (Å²) in [6, 6.07) is 0.434. The minimum atomic E-state index is -5.08. The van der Waals surface area contributed by atoms with Crippen LogP contribution in [0.4, 0.5) is 26.3 Å². The Labute approximate surface area is 213 Å². The molecule has 15 heteroatoms. The maximum Gasteiger partial charge on any atom is 0.490 e. The number of carbonyl (C=O) groups is 3. The van der Waals surface area contributed by atoms with Gasteiger partial charge in [-0.25, -0.2) is 14.6 Å². The second-order valence-corrected chi connectivity index (χ2v) is 9.30. The lowest BCUT2D eigenvalue weighted by Gasteiger charge is -2.52. The Morgan fingerprint density at radius 1 is 1.19 bits per heavy atom. The van der Waals surface area contributed by atoms with E-state index in [-0.39, 0.29) is 5.54 Å². The molecule has 2 atom stereocenters. The molecule has 1 spiro atoms. The van der Waals surface area contributed by atoms with Gasteiger partial charge in [0.05, 0.1) is 16.7 Å². The molecule has 0 bridgehead atoms. The van der Waals surface area contributed by atoms with Crippen molar-refractivity contribution in [2.75, 3.05) is 13.1 Å². The first-order chi connectivity index (χ1) is 17.0. The largest absolute Gasteiger partial charge is 0.490 e. The van der Waals surface area contributed by atoms with E-state index in [1.807, 2.05) is 11.6 Å². The zero-order valence-corrected chi connectivity index (χ0v) is 21.0. The summed E-state index contributed by atoms with van der Waals surface area (Å²) in [7, 11) is 0. The van der Waals surface area contributed by atoms with E-state index in [1.54, 1.807) is 11.3 Å². The molecule has 0 radical (unpaired) electrons. The number of alkyl halides is 6. The summed E-state index contributed by atoms with van der Waals surface area (Å²) in [4.78, 5) is 40.7. The lowest BCUT2D eigenvalue weighted by Crippen LogP contribution is -2.62. The predicted molar refractivity (Wildman–Crippen MR) is 122 cm³/mol. The molecule has 2 fully saturated rings. The van der Waals surface area contributed by atoms with Gasteiger partial charge in [-0.15, -0.1) is 17.9 Å². The van der Waals surface area contributed by atoms with Crippen molar-refractivity contribution in [2.24, 2.45) is 0 Å². The highest BCUT2D eigenvalue weighted by atomic mass is 32.1. The molecular formula is C22H29F6N3O5S. The molecule has 0 saturated carbocycles. The molecule has 2 aliphatic heterocycles. The number of carbonyl (C=O) groups excluding carboxylic acids is 1. The van der Waals surface area contributed by atoms with Gasteiger partial charge in [-0.05, 0) is 39.2 Å². The Hall–Kier alpha value is -2.68. The molecule has 1 aromatic heterocycles. The normalized spacial score (nSPS) is 22.1. The van der Waals surface area contributed by atoms with Crippen LogP contribution in [-0.4, -0.2) is 79.9 Å². The second kappa shape index (κ2) is 13.2. The van der Waals surface area contributed by atoms with Gasteiger partial charge in [0.2, 0.25) is 5.91 Å². The van der Waals surface area contributed by atoms with Crippen LogP contribution in [0.25, 0.3) is 0 Å². The minimum Gasteiger partial charge on any atom is -0.475 e. The van der Waals surface area contributed by atoms with Crippen LogP contribution >= 0.6 is 11.3 Å². The number of likely N-dealkylation sites (tertiary alicyclic amines) is 2. The highest BCUT2D eigenvalue weighted by molar-refractivity contribution is 7.09. The molecule has 2 aliphatic rings. The maximum absolute atomic E-state index is 12.4. The Morgan fingerprint density at radius 3 is 2.14 bits per heavy atom. The fourth-order valence-corrected chi connectivity index (χ4v) is 5.40. The number of hydrogen-bond acceptors (Lipinski definition) is 6. The van der Waals surface area contributed by atoms with Crippen molar-refractivity contribution in [3.05, 3.63) is 28.7 Å². The van der Waals surface area contributed by atoms with Gasteiger partial charge in [-0.1, -0.05) is 13.0 Å². The topological polar surface area (TPSA) is 111 Å². The van der Waals surface area contributed by atoms with E-state index < -0.39 is 24.3 Å². The van der Waals surface area contributed by atoms with Crippen molar-refractivity contribution in [3.8, 4) is 0 Å². The molecule has 1 aromatic rings. The van der Waals surface area contributed by atoms with Crippen molar-refractivity contribution in [1.82, 2.24) is 14.8 Å². The number of halogens is 6. The fourth-order valence-electron chi connectivity index (χ4n) is 4.60. The second-order valence-electron chi connectivity index (χ2n) is 8.36. The monoisotopic (exact) mass is 561 g/mol. The van der Waals surface area contributed by atoms with Crippen LogP contribution in [0.3, 0.4) is 0 Å². The van der Waals surface area contributed by atoms with Crippen LogP contribution in [-0.2, 0) is 20.9 Å². The highest BCUT2D eigenvalue weighted by Crippen LogP contribution is 2.44. The summed E-state index contributed by atoms with van der Waals surface area (Å²) < 4.78 is 63.5. The lowest BCUT2D eigenvalue weighted by molar-refractivity contribution is -0.193.